The quantitative estimate of drug-likeness (QED) is 0.475. The van der Waals surface area contributed by atoms with Crippen LogP contribution >= 0.6 is 0 Å². The van der Waals surface area contributed by atoms with E-state index < -0.39 is 5.91 Å². The van der Waals surface area contributed by atoms with E-state index in [1.54, 1.807) is 24.3 Å². The number of nitrogens with one attached hydrogen (secondary N) is 1. The summed E-state index contributed by atoms with van der Waals surface area (Å²) in [6, 6.07) is 22.9. The van der Waals surface area contributed by atoms with Crippen LogP contribution in [0.3, 0.4) is 0 Å². The van der Waals surface area contributed by atoms with Crippen LogP contribution in [0.15, 0.2) is 82.7 Å². The topological polar surface area (TPSA) is 76.3 Å². The first-order valence-electron chi connectivity index (χ1n) is 9.76. The van der Waals surface area contributed by atoms with E-state index >= 15 is 0 Å². The van der Waals surface area contributed by atoms with Crippen molar-refractivity contribution in [2.24, 2.45) is 5.10 Å². The molecule has 1 heterocycles. The Bertz CT molecular complexity index is 1350. The van der Waals surface area contributed by atoms with Crippen LogP contribution in [0, 0.1) is 0 Å². The highest BCUT2D eigenvalue weighted by Gasteiger charge is 2.24. The van der Waals surface area contributed by atoms with Gasteiger partial charge in [-0.1, -0.05) is 66.7 Å². The van der Waals surface area contributed by atoms with Crippen LogP contribution in [-0.2, 0) is 6.54 Å². The average Bonchev–Trinajstić information content (AvgIpc) is 3.12. The second-order valence-electron chi connectivity index (χ2n) is 7.01. The molecular weight excluding hydrogens is 376 g/mol. The van der Waals surface area contributed by atoms with Gasteiger partial charge in [-0.3, -0.25) is 9.59 Å². The van der Waals surface area contributed by atoms with Gasteiger partial charge >= 0.3 is 0 Å². The predicted octanol–water partition coefficient (Wildman–Crippen LogP) is 3.58. The number of aryl methyl sites for hydroxylation is 1. The van der Waals surface area contributed by atoms with E-state index in [0.717, 1.165) is 22.3 Å². The van der Waals surface area contributed by atoms with E-state index in [9.17, 15) is 9.59 Å². The van der Waals surface area contributed by atoms with Crippen molar-refractivity contribution in [3.8, 4) is 11.1 Å². The predicted molar refractivity (Wildman–Crippen MR) is 117 cm³/mol. The van der Waals surface area contributed by atoms with Crippen molar-refractivity contribution in [2.75, 3.05) is 0 Å². The van der Waals surface area contributed by atoms with Gasteiger partial charge in [-0.15, -0.1) is 0 Å². The lowest BCUT2D eigenvalue weighted by Crippen LogP contribution is -2.29. The Kier molecular flexibility index (Phi) is 4.25. The first kappa shape index (κ1) is 18.0. The van der Waals surface area contributed by atoms with Crippen LogP contribution in [-0.4, -0.2) is 21.4 Å². The van der Waals surface area contributed by atoms with Crippen LogP contribution in [0.2, 0.25) is 0 Å². The summed E-state index contributed by atoms with van der Waals surface area (Å²) in [5.41, 5.74) is 7.44. The third-order valence-electron chi connectivity index (χ3n) is 5.31. The van der Waals surface area contributed by atoms with Gasteiger partial charge in [0, 0.05) is 23.1 Å². The van der Waals surface area contributed by atoms with E-state index in [2.05, 4.69) is 15.6 Å². The van der Waals surface area contributed by atoms with E-state index in [-0.39, 0.29) is 11.3 Å². The van der Waals surface area contributed by atoms with Gasteiger partial charge in [0.15, 0.2) is 5.69 Å². The summed E-state index contributed by atoms with van der Waals surface area (Å²) in [4.78, 5) is 25.5. The maximum atomic E-state index is 13.0. The molecule has 6 nitrogen and oxygen atoms in total. The number of aromatic nitrogens is 2. The van der Waals surface area contributed by atoms with Gasteiger partial charge in [0.1, 0.15) is 0 Å². The zero-order valence-corrected chi connectivity index (χ0v) is 16.3. The third-order valence-corrected chi connectivity index (χ3v) is 5.31. The molecule has 3 aromatic carbocycles. The number of hydrogen-bond acceptors (Lipinski definition) is 4. The smallest absolute Gasteiger partial charge is 0.267 e. The van der Waals surface area contributed by atoms with Gasteiger partial charge < -0.3 is 0 Å². The zero-order valence-electron chi connectivity index (χ0n) is 16.3. The number of nitrogens with zero attached hydrogens (tertiary/aromatic N) is 3. The Morgan fingerprint density at radius 1 is 0.867 bits per heavy atom. The Hall–Kier alpha value is -4.06. The van der Waals surface area contributed by atoms with E-state index in [4.69, 9.17) is 0 Å². The Morgan fingerprint density at radius 3 is 2.00 bits per heavy atom. The second-order valence-corrected chi connectivity index (χ2v) is 7.01. The fourth-order valence-corrected chi connectivity index (χ4v) is 3.89. The first-order chi connectivity index (χ1) is 14.7. The van der Waals surface area contributed by atoms with Crippen molar-refractivity contribution in [1.29, 1.82) is 0 Å². The van der Waals surface area contributed by atoms with Crippen LogP contribution < -0.4 is 11.0 Å². The number of rotatable bonds is 3. The minimum Gasteiger partial charge on any atom is -0.267 e. The lowest BCUT2D eigenvalue weighted by Gasteiger charge is -2.09. The van der Waals surface area contributed by atoms with Gasteiger partial charge in [-0.05, 0) is 24.1 Å². The summed E-state index contributed by atoms with van der Waals surface area (Å²) in [7, 11) is 0. The number of carbonyl (C=O) groups is 1. The number of hydrogen-bond donors (Lipinski definition) is 1. The molecular formula is C24H18N4O2. The number of amides is 1. The summed E-state index contributed by atoms with van der Waals surface area (Å²) >= 11 is 0. The molecule has 1 aliphatic rings. The van der Waals surface area contributed by atoms with Crippen molar-refractivity contribution in [2.45, 2.75) is 13.5 Å². The molecule has 30 heavy (non-hydrogen) atoms. The lowest BCUT2D eigenvalue weighted by molar-refractivity contribution is 0.0949. The molecule has 0 fully saturated rings. The molecule has 1 N–H and O–H groups in total. The minimum atomic E-state index is -0.456. The molecule has 0 saturated heterocycles. The SMILES string of the molecule is CCn1nc(C(=O)NN=C2c3ccccc3-c3ccccc32)c2ccccc2c1=O. The number of benzene rings is 3. The lowest BCUT2D eigenvalue weighted by atomic mass is 10.1. The molecule has 4 aromatic rings. The van der Waals surface area contributed by atoms with Gasteiger partial charge in [0.25, 0.3) is 11.5 Å². The van der Waals surface area contributed by atoms with Gasteiger partial charge in [-0.2, -0.15) is 10.2 Å². The van der Waals surface area contributed by atoms with Crippen LogP contribution in [0.4, 0.5) is 0 Å². The van der Waals surface area contributed by atoms with Crippen molar-refractivity contribution in [3.63, 3.8) is 0 Å². The average molecular weight is 394 g/mol. The summed E-state index contributed by atoms with van der Waals surface area (Å²) in [6.45, 7) is 2.19. The molecule has 6 heteroatoms. The Labute approximate surface area is 172 Å². The fourth-order valence-electron chi connectivity index (χ4n) is 3.89. The molecule has 0 spiro atoms. The molecule has 0 atom stereocenters. The van der Waals surface area contributed by atoms with Gasteiger partial charge in [0.2, 0.25) is 0 Å². The highest BCUT2D eigenvalue weighted by Crippen LogP contribution is 2.36. The summed E-state index contributed by atoms with van der Waals surface area (Å²) < 4.78 is 1.30. The van der Waals surface area contributed by atoms with Crippen LogP contribution in [0.1, 0.15) is 28.5 Å². The first-order valence-corrected chi connectivity index (χ1v) is 9.76. The van der Waals surface area contributed by atoms with Crippen molar-refractivity contribution in [1.82, 2.24) is 15.2 Å². The van der Waals surface area contributed by atoms with E-state index in [1.807, 2.05) is 55.5 Å². The molecule has 0 saturated carbocycles. The standard InChI is InChI=1S/C24H18N4O2/c1-2-28-24(30)20-14-8-7-13-19(20)22(27-28)23(29)26-25-21-17-11-5-3-9-15(17)16-10-4-6-12-18(16)21/h3-14H,2H2,1H3,(H,26,29). The highest BCUT2D eigenvalue weighted by atomic mass is 16.2. The highest BCUT2D eigenvalue weighted by molar-refractivity contribution is 6.24. The molecule has 1 aliphatic carbocycles. The Morgan fingerprint density at radius 2 is 1.40 bits per heavy atom. The van der Waals surface area contributed by atoms with Crippen molar-refractivity contribution >= 4 is 22.4 Å². The van der Waals surface area contributed by atoms with Crippen molar-refractivity contribution < 1.29 is 4.79 Å². The fraction of sp³-hybridized carbons (Fsp3) is 0.0833. The monoisotopic (exact) mass is 394 g/mol. The Balaban J connectivity index is 1.59. The molecule has 1 aromatic heterocycles. The van der Waals surface area contributed by atoms with Gasteiger partial charge in [0.05, 0.1) is 11.1 Å². The molecule has 0 bridgehead atoms. The molecule has 0 radical (unpaired) electrons. The van der Waals surface area contributed by atoms with Gasteiger partial charge in [-0.25, -0.2) is 10.1 Å². The summed E-state index contributed by atoms with van der Waals surface area (Å²) in [6.07, 6.45) is 0. The van der Waals surface area contributed by atoms with Crippen LogP contribution in [0.25, 0.3) is 21.9 Å². The maximum Gasteiger partial charge on any atom is 0.292 e. The van der Waals surface area contributed by atoms with E-state index in [1.165, 1.54) is 4.68 Å². The number of hydrazone groups is 1. The summed E-state index contributed by atoms with van der Waals surface area (Å²) in [5.74, 6) is -0.456. The molecule has 146 valence electrons. The van der Waals surface area contributed by atoms with Crippen molar-refractivity contribution in [3.05, 3.63) is 100.0 Å². The zero-order chi connectivity index (χ0) is 20.7. The minimum absolute atomic E-state index is 0.177. The summed E-state index contributed by atoms with van der Waals surface area (Å²) in [5, 5.41) is 9.71. The largest absolute Gasteiger partial charge is 0.292 e. The number of carbonyl (C=O) groups excluding carboxylic acids is 1. The number of fused-ring (bicyclic) bond motifs is 4. The molecule has 0 unspecified atom stereocenters. The van der Waals surface area contributed by atoms with E-state index in [0.29, 0.717) is 23.0 Å². The molecule has 5 rings (SSSR count). The van der Waals surface area contributed by atoms with Crippen LogP contribution in [0.5, 0.6) is 0 Å². The normalized spacial score (nSPS) is 11.8. The maximum absolute atomic E-state index is 13.0. The molecule has 0 aliphatic heterocycles. The third kappa shape index (κ3) is 2.73. The molecule has 1 amide bonds. The second kappa shape index (κ2) is 7.08.